The van der Waals surface area contributed by atoms with Crippen molar-refractivity contribution in [2.75, 3.05) is 10.2 Å². The number of hydrogen-bond acceptors (Lipinski definition) is 2. The molecule has 0 aliphatic carbocycles. The lowest BCUT2D eigenvalue weighted by atomic mass is 9.90. The molecular formula is C44H34N2. The zero-order valence-corrected chi connectivity index (χ0v) is 26.0. The molecule has 220 valence electrons. The third kappa shape index (κ3) is 4.95. The number of rotatable bonds is 6. The smallest absolute Gasteiger partial charge is 0.0546 e. The molecular weight excluding hydrogens is 556 g/mol. The quantitative estimate of drug-likeness (QED) is 0.194. The number of fused-ring (bicyclic) bond motifs is 5. The van der Waals surface area contributed by atoms with Crippen LogP contribution in [0, 0.1) is 13.8 Å². The molecule has 0 heterocycles. The highest BCUT2D eigenvalue weighted by molar-refractivity contribution is 6.23. The molecule has 1 N–H and O–H groups in total. The lowest BCUT2D eigenvalue weighted by Crippen LogP contribution is -2.10. The second-order valence-electron chi connectivity index (χ2n) is 12.0. The summed E-state index contributed by atoms with van der Waals surface area (Å²) in [5, 5.41) is 11.1. The number of nitrogens with zero attached hydrogens (tertiary/aromatic N) is 1. The average Bonchev–Trinajstić information content (AvgIpc) is 3.10. The van der Waals surface area contributed by atoms with E-state index in [1.165, 1.54) is 54.6 Å². The molecule has 0 amide bonds. The van der Waals surface area contributed by atoms with Crippen LogP contribution in [-0.4, -0.2) is 0 Å². The number of benzene rings is 8. The predicted octanol–water partition coefficient (Wildman–Crippen LogP) is 12.6. The maximum atomic E-state index is 3.68. The maximum absolute atomic E-state index is 3.68. The molecule has 46 heavy (non-hydrogen) atoms. The predicted molar refractivity (Wildman–Crippen MR) is 198 cm³/mol. The van der Waals surface area contributed by atoms with Crippen molar-refractivity contribution < 1.29 is 0 Å². The van der Waals surface area contributed by atoms with Crippen LogP contribution >= 0.6 is 0 Å². The van der Waals surface area contributed by atoms with E-state index in [2.05, 4.69) is 182 Å². The van der Waals surface area contributed by atoms with Gasteiger partial charge in [0.25, 0.3) is 0 Å². The van der Waals surface area contributed by atoms with Crippen molar-refractivity contribution in [3.63, 3.8) is 0 Å². The molecule has 0 radical (unpaired) electrons. The largest absolute Gasteiger partial charge is 0.355 e. The van der Waals surface area contributed by atoms with Gasteiger partial charge in [-0.2, -0.15) is 0 Å². The molecule has 8 aromatic rings. The Kier molecular flexibility index (Phi) is 6.96. The first-order valence-corrected chi connectivity index (χ1v) is 15.9. The normalized spacial score (nSPS) is 11.3. The number of para-hydroxylation sites is 2. The molecule has 0 spiro atoms. The molecule has 2 heteroatoms. The first-order chi connectivity index (χ1) is 22.6. The monoisotopic (exact) mass is 590 g/mol. The number of anilines is 5. The summed E-state index contributed by atoms with van der Waals surface area (Å²) in [6.07, 6.45) is 0. The summed E-state index contributed by atoms with van der Waals surface area (Å²) >= 11 is 0. The fraction of sp³-hybridized carbons (Fsp3) is 0.0455. The van der Waals surface area contributed by atoms with Crippen LogP contribution in [0.15, 0.2) is 164 Å². The van der Waals surface area contributed by atoms with Gasteiger partial charge in [0.2, 0.25) is 0 Å². The highest BCUT2D eigenvalue weighted by atomic mass is 15.1. The van der Waals surface area contributed by atoms with Gasteiger partial charge in [-0.25, -0.2) is 0 Å². The van der Waals surface area contributed by atoms with E-state index in [1.54, 1.807) is 0 Å². The van der Waals surface area contributed by atoms with Crippen LogP contribution in [0.3, 0.4) is 0 Å². The van der Waals surface area contributed by atoms with Crippen molar-refractivity contribution in [2.24, 2.45) is 0 Å². The number of aryl methyl sites for hydroxylation is 2. The van der Waals surface area contributed by atoms with E-state index in [0.717, 1.165) is 28.4 Å². The van der Waals surface area contributed by atoms with Crippen LogP contribution in [0.2, 0.25) is 0 Å². The third-order valence-electron chi connectivity index (χ3n) is 8.94. The standard InChI is InChI=1S/C44H34N2/c1-30-20-23-34(24-21-30)46(33-14-7-4-8-15-33)44-29-41-36-18-11-19-37(38(36)25-26-39(41)35-16-9-10-17-40(35)44)42-28-31(2)22-27-43(42)45-32-12-5-3-6-13-32/h3-29,45H,1-2H3. The fourth-order valence-electron chi connectivity index (χ4n) is 6.71. The van der Waals surface area contributed by atoms with E-state index >= 15 is 0 Å². The van der Waals surface area contributed by atoms with Gasteiger partial charge in [-0.1, -0.05) is 120 Å². The van der Waals surface area contributed by atoms with Crippen LogP contribution in [0.25, 0.3) is 43.4 Å². The minimum Gasteiger partial charge on any atom is -0.355 e. The molecule has 0 unspecified atom stereocenters. The molecule has 0 saturated carbocycles. The van der Waals surface area contributed by atoms with E-state index in [-0.39, 0.29) is 0 Å². The van der Waals surface area contributed by atoms with Gasteiger partial charge in [-0.3, -0.25) is 0 Å². The SMILES string of the molecule is Cc1ccc(N(c2ccccc2)c2cc3c4cccc(-c5cc(C)ccc5Nc5ccccc5)c4ccc3c3ccccc23)cc1. The zero-order valence-electron chi connectivity index (χ0n) is 26.0. The van der Waals surface area contributed by atoms with Crippen molar-refractivity contribution in [1.82, 2.24) is 0 Å². The van der Waals surface area contributed by atoms with Gasteiger partial charge in [0, 0.05) is 33.7 Å². The molecule has 0 fully saturated rings. The molecule has 0 aliphatic heterocycles. The number of hydrogen-bond donors (Lipinski definition) is 1. The number of nitrogens with one attached hydrogen (secondary N) is 1. The Labute approximate surface area is 270 Å². The van der Waals surface area contributed by atoms with Crippen LogP contribution < -0.4 is 10.2 Å². The second kappa shape index (κ2) is 11.6. The summed E-state index contributed by atoms with van der Waals surface area (Å²) in [5.74, 6) is 0. The Bertz CT molecular complexity index is 2340. The molecule has 2 nitrogen and oxygen atoms in total. The first-order valence-electron chi connectivity index (χ1n) is 15.9. The van der Waals surface area contributed by atoms with Crippen LogP contribution in [0.4, 0.5) is 28.4 Å². The topological polar surface area (TPSA) is 15.3 Å². The summed E-state index contributed by atoms with van der Waals surface area (Å²) in [5.41, 5.74) is 10.5. The zero-order chi connectivity index (χ0) is 31.0. The first kappa shape index (κ1) is 27.7. The fourth-order valence-corrected chi connectivity index (χ4v) is 6.71. The summed E-state index contributed by atoms with van der Waals surface area (Å²) in [4.78, 5) is 2.40. The van der Waals surface area contributed by atoms with Gasteiger partial charge >= 0.3 is 0 Å². The molecule has 8 rings (SSSR count). The minimum absolute atomic E-state index is 1.08. The summed E-state index contributed by atoms with van der Waals surface area (Å²) in [6.45, 7) is 4.30. The average molecular weight is 591 g/mol. The van der Waals surface area contributed by atoms with E-state index in [9.17, 15) is 0 Å². The van der Waals surface area contributed by atoms with Crippen LogP contribution in [-0.2, 0) is 0 Å². The Morgan fingerprint density at radius 3 is 1.76 bits per heavy atom. The van der Waals surface area contributed by atoms with Crippen molar-refractivity contribution in [2.45, 2.75) is 13.8 Å². The van der Waals surface area contributed by atoms with Crippen molar-refractivity contribution in [3.8, 4) is 11.1 Å². The molecule has 8 aromatic carbocycles. The van der Waals surface area contributed by atoms with Crippen molar-refractivity contribution >= 4 is 60.8 Å². The van der Waals surface area contributed by atoms with E-state index in [0.29, 0.717) is 0 Å². The molecule has 0 saturated heterocycles. The van der Waals surface area contributed by atoms with E-state index < -0.39 is 0 Å². The van der Waals surface area contributed by atoms with Gasteiger partial charge in [0.1, 0.15) is 0 Å². The Morgan fingerprint density at radius 1 is 0.391 bits per heavy atom. The van der Waals surface area contributed by atoms with E-state index in [1.807, 2.05) is 6.07 Å². The molecule has 0 bridgehead atoms. The minimum atomic E-state index is 1.08. The van der Waals surface area contributed by atoms with Gasteiger partial charge in [-0.15, -0.1) is 0 Å². The second-order valence-corrected chi connectivity index (χ2v) is 12.0. The van der Waals surface area contributed by atoms with Gasteiger partial charge < -0.3 is 10.2 Å². The summed E-state index contributed by atoms with van der Waals surface area (Å²) in [6, 6.07) is 59.2. The lowest BCUT2D eigenvalue weighted by molar-refractivity contribution is 1.29. The molecule has 0 atom stereocenters. The van der Waals surface area contributed by atoms with Crippen LogP contribution in [0.5, 0.6) is 0 Å². The van der Waals surface area contributed by atoms with Gasteiger partial charge in [0.05, 0.1) is 5.69 Å². The van der Waals surface area contributed by atoms with Gasteiger partial charge in [0.15, 0.2) is 0 Å². The Morgan fingerprint density at radius 2 is 0.978 bits per heavy atom. The highest BCUT2D eigenvalue weighted by Crippen LogP contribution is 2.45. The van der Waals surface area contributed by atoms with E-state index in [4.69, 9.17) is 0 Å². The summed E-state index contributed by atoms with van der Waals surface area (Å²) in [7, 11) is 0. The Balaban J connectivity index is 1.40. The van der Waals surface area contributed by atoms with Crippen LogP contribution in [0.1, 0.15) is 11.1 Å². The highest BCUT2D eigenvalue weighted by Gasteiger charge is 2.19. The summed E-state index contributed by atoms with van der Waals surface area (Å²) < 4.78 is 0. The van der Waals surface area contributed by atoms with Gasteiger partial charge in [-0.05, 0) is 101 Å². The molecule has 0 aliphatic rings. The molecule has 0 aromatic heterocycles. The Hall–Kier alpha value is -5.86. The van der Waals surface area contributed by atoms with Crippen molar-refractivity contribution in [1.29, 1.82) is 0 Å². The maximum Gasteiger partial charge on any atom is 0.0546 e. The third-order valence-corrected chi connectivity index (χ3v) is 8.94. The lowest BCUT2D eigenvalue weighted by Gasteiger charge is -2.28. The van der Waals surface area contributed by atoms with Crippen molar-refractivity contribution in [3.05, 3.63) is 175 Å².